The van der Waals surface area contributed by atoms with Crippen LogP contribution in [0.3, 0.4) is 0 Å². The molecule has 0 radical (unpaired) electrons. The quantitative estimate of drug-likeness (QED) is 0.533. The second-order valence-corrected chi connectivity index (χ2v) is 7.68. The minimum absolute atomic E-state index is 0.0232. The van der Waals surface area contributed by atoms with Gasteiger partial charge in [-0.15, -0.1) is 0 Å². The molecule has 6 nitrogen and oxygen atoms in total. The van der Waals surface area contributed by atoms with Crippen LogP contribution in [0.5, 0.6) is 0 Å². The van der Waals surface area contributed by atoms with Gasteiger partial charge in [0.2, 0.25) is 0 Å². The van der Waals surface area contributed by atoms with Crippen LogP contribution in [0.4, 0.5) is 30.2 Å². The summed E-state index contributed by atoms with van der Waals surface area (Å²) in [5.41, 5.74) is -1.94. The van der Waals surface area contributed by atoms with Crippen LogP contribution in [-0.4, -0.2) is 15.0 Å². The highest BCUT2D eigenvalue weighted by Crippen LogP contribution is 2.35. The van der Waals surface area contributed by atoms with Crippen molar-refractivity contribution in [1.82, 2.24) is 4.72 Å². The third kappa shape index (κ3) is 4.57. The number of rotatable bonds is 6. The first-order valence-corrected chi connectivity index (χ1v) is 9.66. The fraction of sp³-hybridized carbons (Fsp3) is 0.133. The third-order valence-corrected chi connectivity index (χ3v) is 4.91. The van der Waals surface area contributed by atoms with Crippen molar-refractivity contribution in [2.75, 3.05) is 16.6 Å². The Labute approximate surface area is 161 Å². The van der Waals surface area contributed by atoms with Gasteiger partial charge in [0.05, 0.1) is 16.9 Å². The summed E-state index contributed by atoms with van der Waals surface area (Å²) in [5.74, 6) is -3.61. The topological polar surface area (TPSA) is 94.0 Å². The number of nitrogens with one attached hydrogen (secondary N) is 3. The van der Waals surface area contributed by atoms with E-state index in [2.05, 4.69) is 10.0 Å². The predicted molar refractivity (Wildman–Crippen MR) is 99.7 cm³/mol. The van der Waals surface area contributed by atoms with E-state index in [9.17, 15) is 21.6 Å². The zero-order valence-corrected chi connectivity index (χ0v) is 16.2. The van der Waals surface area contributed by atoms with Crippen molar-refractivity contribution >= 4 is 49.9 Å². The lowest BCUT2D eigenvalue weighted by atomic mass is 10.1. The van der Waals surface area contributed by atoms with Gasteiger partial charge in [0.25, 0.3) is 10.2 Å². The summed E-state index contributed by atoms with van der Waals surface area (Å²) in [4.78, 5) is 0. The van der Waals surface area contributed by atoms with Crippen LogP contribution in [-0.2, 0) is 10.2 Å². The highest BCUT2D eigenvalue weighted by molar-refractivity contribution is 14.1. The van der Waals surface area contributed by atoms with Gasteiger partial charge in [-0.05, 0) is 46.9 Å². The fourth-order valence-corrected chi connectivity index (χ4v) is 3.41. The maximum atomic E-state index is 14.3. The van der Waals surface area contributed by atoms with E-state index in [1.165, 1.54) is 19.1 Å². The van der Waals surface area contributed by atoms with Gasteiger partial charge in [-0.1, -0.05) is 6.92 Å². The zero-order valence-electron chi connectivity index (χ0n) is 13.2. The van der Waals surface area contributed by atoms with E-state index >= 15 is 0 Å². The van der Waals surface area contributed by atoms with Crippen molar-refractivity contribution in [1.29, 1.82) is 5.26 Å². The molecule has 0 fully saturated rings. The first kappa shape index (κ1) is 20.3. The van der Waals surface area contributed by atoms with E-state index in [1.807, 2.05) is 27.3 Å². The largest absolute Gasteiger partial charge is 0.349 e. The average molecular weight is 496 g/mol. The summed E-state index contributed by atoms with van der Waals surface area (Å²) in [6, 6.07) is 6.06. The van der Waals surface area contributed by atoms with Crippen LogP contribution >= 0.6 is 22.6 Å². The average Bonchev–Trinajstić information content (AvgIpc) is 2.55. The zero-order chi connectivity index (χ0) is 19.5. The Morgan fingerprint density at radius 3 is 2.42 bits per heavy atom. The maximum Gasteiger partial charge on any atom is 0.299 e. The van der Waals surface area contributed by atoms with Gasteiger partial charge in [0.15, 0.2) is 11.6 Å². The molecule has 0 aliphatic carbocycles. The number of benzene rings is 2. The van der Waals surface area contributed by atoms with Gasteiger partial charge in [0.1, 0.15) is 17.6 Å². The summed E-state index contributed by atoms with van der Waals surface area (Å²) in [7, 11) is -4.15. The van der Waals surface area contributed by atoms with Crippen LogP contribution < -0.4 is 14.8 Å². The summed E-state index contributed by atoms with van der Waals surface area (Å²) >= 11 is 1.87. The van der Waals surface area contributed by atoms with Gasteiger partial charge < -0.3 is 5.32 Å². The molecule has 26 heavy (non-hydrogen) atoms. The van der Waals surface area contributed by atoms with Crippen molar-refractivity contribution in [3.63, 3.8) is 0 Å². The van der Waals surface area contributed by atoms with E-state index in [-0.39, 0.29) is 12.2 Å². The number of nitriles is 1. The highest BCUT2D eigenvalue weighted by Gasteiger charge is 2.23. The van der Waals surface area contributed by atoms with Crippen molar-refractivity contribution in [2.24, 2.45) is 0 Å². The van der Waals surface area contributed by atoms with E-state index in [1.54, 1.807) is 6.07 Å². The molecular formula is C15H12F3IN4O2S. The Balaban J connectivity index is 2.62. The van der Waals surface area contributed by atoms with Gasteiger partial charge in [0, 0.05) is 10.1 Å². The van der Waals surface area contributed by atoms with Gasteiger partial charge >= 0.3 is 0 Å². The number of hydrogen-bond acceptors (Lipinski definition) is 4. The van der Waals surface area contributed by atoms with E-state index in [0.717, 1.165) is 6.07 Å². The van der Waals surface area contributed by atoms with E-state index < -0.39 is 44.6 Å². The first-order valence-electron chi connectivity index (χ1n) is 7.10. The second-order valence-electron chi connectivity index (χ2n) is 4.93. The van der Waals surface area contributed by atoms with Gasteiger partial charge in [-0.2, -0.15) is 18.4 Å². The first-order chi connectivity index (χ1) is 12.2. The molecule has 0 atom stereocenters. The molecule has 2 aromatic carbocycles. The van der Waals surface area contributed by atoms with E-state index in [4.69, 9.17) is 5.26 Å². The van der Waals surface area contributed by atoms with Gasteiger partial charge in [-0.25, -0.2) is 13.2 Å². The van der Waals surface area contributed by atoms with Crippen molar-refractivity contribution < 1.29 is 21.6 Å². The molecule has 0 saturated carbocycles. The SMILES string of the molecule is CCNS(=O)(=O)Nc1c(C#N)cc(F)c(F)c1Nc1ccc(I)cc1F. The normalized spacial score (nSPS) is 11.1. The molecule has 0 aromatic heterocycles. The van der Waals surface area contributed by atoms with Crippen molar-refractivity contribution in [3.8, 4) is 6.07 Å². The van der Waals surface area contributed by atoms with Gasteiger partial charge in [-0.3, -0.25) is 4.72 Å². The third-order valence-electron chi connectivity index (χ3n) is 3.10. The van der Waals surface area contributed by atoms with Crippen LogP contribution in [0.2, 0.25) is 0 Å². The minimum Gasteiger partial charge on any atom is -0.349 e. The van der Waals surface area contributed by atoms with Crippen LogP contribution in [0.25, 0.3) is 0 Å². The molecule has 0 amide bonds. The smallest absolute Gasteiger partial charge is 0.299 e. The molecule has 11 heteroatoms. The van der Waals surface area contributed by atoms with Crippen molar-refractivity contribution in [3.05, 3.63) is 50.9 Å². The molecule has 0 unspecified atom stereocenters. The minimum atomic E-state index is -4.15. The molecule has 0 bridgehead atoms. The monoisotopic (exact) mass is 496 g/mol. The molecule has 0 spiro atoms. The number of nitrogens with zero attached hydrogens (tertiary/aromatic N) is 1. The lowest BCUT2D eigenvalue weighted by molar-refractivity contribution is 0.511. The second kappa shape index (κ2) is 8.11. The lowest BCUT2D eigenvalue weighted by Gasteiger charge is -2.17. The van der Waals surface area contributed by atoms with Crippen LogP contribution in [0.1, 0.15) is 12.5 Å². The molecule has 138 valence electrons. The molecule has 0 saturated heterocycles. The summed E-state index contributed by atoms with van der Waals surface area (Å²) in [6.07, 6.45) is 0. The molecule has 3 N–H and O–H groups in total. The molecule has 0 aliphatic rings. The number of anilines is 3. The standard InChI is InChI=1S/C15H12F3IN4O2S/c1-2-21-26(24,25)23-14-8(7-20)5-11(17)13(18)15(14)22-12-4-3-9(19)6-10(12)16/h3-6,21-23H,2H2,1H3. The number of halogens is 4. The number of hydrogen-bond donors (Lipinski definition) is 3. The Kier molecular flexibility index (Phi) is 6.32. The highest BCUT2D eigenvalue weighted by atomic mass is 127. The Bertz CT molecular complexity index is 993. The summed E-state index contributed by atoms with van der Waals surface area (Å²) in [5, 5.41) is 11.5. The van der Waals surface area contributed by atoms with Crippen molar-refractivity contribution in [2.45, 2.75) is 6.92 Å². The van der Waals surface area contributed by atoms with Crippen LogP contribution in [0, 0.1) is 32.4 Å². The Hall–Kier alpha value is -2.04. The lowest BCUT2D eigenvalue weighted by Crippen LogP contribution is -2.30. The predicted octanol–water partition coefficient (Wildman–Crippen LogP) is 3.59. The fourth-order valence-electron chi connectivity index (χ4n) is 2.02. The molecule has 0 aliphatic heterocycles. The Morgan fingerprint density at radius 1 is 1.15 bits per heavy atom. The molecule has 0 heterocycles. The summed E-state index contributed by atoms with van der Waals surface area (Å²) < 4.78 is 70.6. The molecule has 2 aromatic rings. The molecule has 2 rings (SSSR count). The van der Waals surface area contributed by atoms with Crippen LogP contribution in [0.15, 0.2) is 24.3 Å². The van der Waals surface area contributed by atoms with E-state index in [0.29, 0.717) is 9.64 Å². The maximum absolute atomic E-state index is 14.3. The molecular weight excluding hydrogens is 484 g/mol. The summed E-state index contributed by atoms with van der Waals surface area (Å²) in [6.45, 7) is 1.53. The Morgan fingerprint density at radius 2 is 1.85 bits per heavy atom.